The van der Waals surface area contributed by atoms with E-state index in [-0.39, 0.29) is 29.5 Å². The Kier molecular flexibility index (Phi) is 3.61. The molecule has 0 bridgehead atoms. The van der Waals surface area contributed by atoms with E-state index in [1.54, 1.807) is 12.1 Å². The van der Waals surface area contributed by atoms with E-state index in [0.29, 0.717) is 0 Å². The molecule has 0 amide bonds. The molecule has 23 heavy (non-hydrogen) atoms. The number of halogens is 1. The fraction of sp³-hybridized carbons (Fsp3) is 0.125. The Labute approximate surface area is 131 Å². The van der Waals surface area contributed by atoms with Crippen molar-refractivity contribution < 1.29 is 19.4 Å². The summed E-state index contributed by atoms with van der Waals surface area (Å²) < 4.78 is 15.7. The molecule has 2 heterocycles. The van der Waals surface area contributed by atoms with E-state index in [2.05, 4.69) is 5.10 Å². The maximum Gasteiger partial charge on any atom is 0.235 e. The van der Waals surface area contributed by atoms with Crippen molar-refractivity contribution in [2.75, 3.05) is 0 Å². The van der Waals surface area contributed by atoms with Crippen molar-refractivity contribution in [2.45, 2.75) is 6.54 Å². The van der Waals surface area contributed by atoms with E-state index in [1.165, 1.54) is 46.9 Å². The van der Waals surface area contributed by atoms with Crippen LogP contribution >= 0.6 is 0 Å². The first-order valence-corrected chi connectivity index (χ1v) is 6.85. The van der Waals surface area contributed by atoms with E-state index < -0.39 is 11.5 Å². The molecule has 0 aliphatic carbocycles. The lowest BCUT2D eigenvalue weighted by molar-refractivity contribution is 0.102. The van der Waals surface area contributed by atoms with Crippen molar-refractivity contribution in [2.24, 2.45) is 7.05 Å². The van der Waals surface area contributed by atoms with Crippen LogP contribution in [0.1, 0.15) is 21.6 Å². The number of rotatable bonds is 4. The third-order valence-electron chi connectivity index (χ3n) is 3.56. The highest BCUT2D eigenvalue weighted by atomic mass is 19.1. The first-order valence-electron chi connectivity index (χ1n) is 6.85. The number of hydrogen-bond acceptors (Lipinski definition) is 4. The van der Waals surface area contributed by atoms with Gasteiger partial charge in [0, 0.05) is 19.4 Å². The van der Waals surface area contributed by atoms with Crippen LogP contribution in [0.5, 0.6) is 11.6 Å². The summed E-state index contributed by atoms with van der Waals surface area (Å²) >= 11 is 0. The van der Waals surface area contributed by atoms with E-state index in [1.807, 2.05) is 0 Å². The minimum absolute atomic E-state index is 0.00847. The molecule has 0 radical (unpaired) electrons. The predicted molar refractivity (Wildman–Crippen MR) is 79.9 cm³/mol. The molecular weight excluding hydrogens is 301 g/mol. The normalized spacial score (nSPS) is 10.9. The topological polar surface area (TPSA) is 80.3 Å². The second-order valence-electron chi connectivity index (χ2n) is 5.16. The SMILES string of the molecule is Cn1cc(C(=O)c2ccnn2Cc2ccc(F)cc2)c(O)c1O. The van der Waals surface area contributed by atoms with Gasteiger partial charge < -0.3 is 14.8 Å². The van der Waals surface area contributed by atoms with Crippen LogP contribution in [0, 0.1) is 5.82 Å². The first kappa shape index (κ1) is 14.8. The molecule has 118 valence electrons. The minimum atomic E-state index is -0.466. The second kappa shape index (κ2) is 5.60. The fourth-order valence-corrected chi connectivity index (χ4v) is 2.32. The van der Waals surface area contributed by atoms with Gasteiger partial charge >= 0.3 is 0 Å². The molecule has 7 heteroatoms. The molecule has 3 rings (SSSR count). The summed E-state index contributed by atoms with van der Waals surface area (Å²) in [5.74, 6) is -1.64. The second-order valence-corrected chi connectivity index (χ2v) is 5.16. The zero-order valence-electron chi connectivity index (χ0n) is 12.3. The van der Waals surface area contributed by atoms with Gasteiger partial charge in [0.05, 0.1) is 12.1 Å². The Morgan fingerprint density at radius 2 is 1.91 bits per heavy atom. The summed E-state index contributed by atoms with van der Waals surface area (Å²) in [7, 11) is 1.52. The van der Waals surface area contributed by atoms with E-state index >= 15 is 0 Å². The van der Waals surface area contributed by atoms with Crippen LogP contribution in [0.25, 0.3) is 0 Å². The highest BCUT2D eigenvalue weighted by Crippen LogP contribution is 2.31. The van der Waals surface area contributed by atoms with Crippen molar-refractivity contribution in [1.29, 1.82) is 0 Å². The third-order valence-corrected chi connectivity index (χ3v) is 3.56. The molecule has 1 aromatic carbocycles. The molecule has 0 aliphatic heterocycles. The smallest absolute Gasteiger partial charge is 0.235 e. The number of nitrogens with zero attached hydrogens (tertiary/aromatic N) is 3. The van der Waals surface area contributed by atoms with Crippen LogP contribution in [0.4, 0.5) is 4.39 Å². The van der Waals surface area contributed by atoms with Gasteiger partial charge in [0.15, 0.2) is 5.75 Å². The summed E-state index contributed by atoms with van der Waals surface area (Å²) in [4.78, 5) is 12.6. The van der Waals surface area contributed by atoms with Crippen LogP contribution < -0.4 is 0 Å². The molecule has 2 N–H and O–H groups in total. The maximum atomic E-state index is 12.9. The zero-order valence-corrected chi connectivity index (χ0v) is 12.3. The Morgan fingerprint density at radius 3 is 2.52 bits per heavy atom. The lowest BCUT2D eigenvalue weighted by Gasteiger charge is -2.06. The Bertz CT molecular complexity index is 865. The average Bonchev–Trinajstić information content (AvgIpc) is 3.09. The largest absolute Gasteiger partial charge is 0.503 e. The molecule has 0 saturated heterocycles. The van der Waals surface area contributed by atoms with Gasteiger partial charge in [0.25, 0.3) is 0 Å². The first-order chi connectivity index (χ1) is 11.0. The van der Waals surface area contributed by atoms with E-state index in [9.17, 15) is 19.4 Å². The molecule has 6 nitrogen and oxygen atoms in total. The molecule has 0 aliphatic rings. The van der Waals surface area contributed by atoms with Crippen LogP contribution in [-0.4, -0.2) is 30.3 Å². The van der Waals surface area contributed by atoms with Gasteiger partial charge in [-0.25, -0.2) is 4.39 Å². The molecule has 0 saturated carbocycles. The van der Waals surface area contributed by atoms with Gasteiger partial charge in [-0.2, -0.15) is 5.10 Å². The van der Waals surface area contributed by atoms with Crippen LogP contribution in [0.2, 0.25) is 0 Å². The van der Waals surface area contributed by atoms with Crippen molar-refractivity contribution in [3.05, 3.63) is 65.4 Å². The molecule has 0 unspecified atom stereocenters. The monoisotopic (exact) mass is 315 g/mol. The zero-order chi connectivity index (χ0) is 16.6. The fourth-order valence-electron chi connectivity index (χ4n) is 2.32. The van der Waals surface area contributed by atoms with Crippen molar-refractivity contribution in [1.82, 2.24) is 14.3 Å². The molecular formula is C16H14FN3O3. The minimum Gasteiger partial charge on any atom is -0.503 e. The standard InChI is InChI=1S/C16H14FN3O3/c1-19-9-12(15(22)16(19)23)14(21)13-6-7-18-20(13)8-10-2-4-11(17)5-3-10/h2-7,9,22-23H,8H2,1H3. The van der Waals surface area contributed by atoms with Crippen LogP contribution in [-0.2, 0) is 13.6 Å². The number of benzene rings is 1. The van der Waals surface area contributed by atoms with Crippen molar-refractivity contribution in [3.63, 3.8) is 0 Å². The maximum absolute atomic E-state index is 12.9. The van der Waals surface area contributed by atoms with Crippen molar-refractivity contribution in [3.8, 4) is 11.6 Å². The van der Waals surface area contributed by atoms with Gasteiger partial charge in [-0.1, -0.05) is 12.1 Å². The number of aryl methyl sites for hydroxylation is 1. The summed E-state index contributed by atoms with van der Waals surface area (Å²) in [6.45, 7) is 0.286. The summed E-state index contributed by atoms with van der Waals surface area (Å²) in [6, 6.07) is 7.41. The number of carbonyl (C=O) groups excluding carboxylic acids is 1. The van der Waals surface area contributed by atoms with Gasteiger partial charge in [-0.3, -0.25) is 9.48 Å². The van der Waals surface area contributed by atoms with E-state index in [0.717, 1.165) is 5.56 Å². The number of aromatic nitrogens is 3. The number of carbonyl (C=O) groups is 1. The van der Waals surface area contributed by atoms with Crippen LogP contribution in [0.3, 0.4) is 0 Å². The molecule has 3 aromatic rings. The van der Waals surface area contributed by atoms with Gasteiger partial charge in [-0.15, -0.1) is 0 Å². The molecule has 0 atom stereocenters. The van der Waals surface area contributed by atoms with Crippen molar-refractivity contribution >= 4 is 5.78 Å². The molecule has 2 aromatic heterocycles. The molecule has 0 fully saturated rings. The summed E-state index contributed by atoms with van der Waals surface area (Å²) in [6.07, 6.45) is 2.82. The van der Waals surface area contributed by atoms with E-state index in [4.69, 9.17) is 0 Å². The lowest BCUT2D eigenvalue weighted by Crippen LogP contribution is -2.12. The number of hydrogen-bond donors (Lipinski definition) is 2. The Balaban J connectivity index is 1.92. The summed E-state index contributed by atoms with van der Waals surface area (Å²) in [5, 5.41) is 23.5. The van der Waals surface area contributed by atoms with Crippen LogP contribution in [0.15, 0.2) is 42.7 Å². The predicted octanol–water partition coefficient (Wildman–Crippen LogP) is 2.05. The average molecular weight is 315 g/mol. The van der Waals surface area contributed by atoms with Gasteiger partial charge in [0.2, 0.25) is 11.7 Å². The Morgan fingerprint density at radius 1 is 1.22 bits per heavy atom. The quantitative estimate of drug-likeness (QED) is 0.722. The van der Waals surface area contributed by atoms with Gasteiger partial charge in [-0.05, 0) is 23.8 Å². The summed E-state index contributed by atoms with van der Waals surface area (Å²) in [5.41, 5.74) is 1.03. The lowest BCUT2D eigenvalue weighted by atomic mass is 10.1. The highest BCUT2D eigenvalue weighted by molar-refractivity contribution is 6.10. The number of ketones is 1. The molecule has 0 spiro atoms. The third kappa shape index (κ3) is 2.68. The Hall–Kier alpha value is -3.09. The number of aromatic hydroxyl groups is 2. The van der Waals surface area contributed by atoms with Gasteiger partial charge in [0.1, 0.15) is 11.5 Å². The highest BCUT2D eigenvalue weighted by Gasteiger charge is 2.22.